The highest BCUT2D eigenvalue weighted by Crippen LogP contribution is 2.69. The molecule has 4 aromatic carbocycles. The van der Waals surface area contributed by atoms with E-state index < -0.39 is 45.3 Å². The molecule has 43 heavy (non-hydrogen) atoms. The van der Waals surface area contributed by atoms with E-state index in [1.807, 2.05) is 91.9 Å². The Balaban J connectivity index is 1.35. The number of likely N-dealkylation sites (tertiary alicyclic amines) is 1. The summed E-state index contributed by atoms with van der Waals surface area (Å²) in [5.41, 5.74) is 4.10. The van der Waals surface area contributed by atoms with Crippen molar-refractivity contribution in [2.75, 3.05) is 11.9 Å². The van der Waals surface area contributed by atoms with Crippen molar-refractivity contribution in [3.63, 3.8) is 0 Å². The second-order valence-electron chi connectivity index (χ2n) is 11.1. The number of nitrogens with one attached hydrogen (secondary N) is 1. The van der Waals surface area contributed by atoms with Gasteiger partial charge in [-0.15, -0.1) is 23.2 Å². The van der Waals surface area contributed by atoms with E-state index in [1.165, 1.54) is 0 Å². The van der Waals surface area contributed by atoms with Crippen LogP contribution in [-0.4, -0.2) is 35.3 Å². The predicted molar refractivity (Wildman–Crippen MR) is 165 cm³/mol. The normalized spacial score (nSPS) is 25.5. The molecule has 3 aliphatic carbocycles. The summed E-state index contributed by atoms with van der Waals surface area (Å²) >= 11 is 15.2. The SMILES string of the molecule is CCOc1ccccc1NC(=O)[C@@H](Cc1ccccc1)N1C(=O)[C@@H]2[C@H](C1=O)C1(Cl)c3ccccc3C2(Cl)c2ccccc21. The minimum atomic E-state index is -1.33. The van der Waals surface area contributed by atoms with E-state index in [1.54, 1.807) is 18.2 Å². The molecule has 0 unspecified atom stereocenters. The Kier molecular flexibility index (Phi) is 6.60. The van der Waals surface area contributed by atoms with Gasteiger partial charge >= 0.3 is 0 Å². The Morgan fingerprint density at radius 2 is 1.23 bits per heavy atom. The summed E-state index contributed by atoms with van der Waals surface area (Å²) in [5.74, 6) is -3.02. The van der Waals surface area contributed by atoms with Gasteiger partial charge in [0.2, 0.25) is 17.7 Å². The van der Waals surface area contributed by atoms with Gasteiger partial charge in [-0.3, -0.25) is 19.3 Å². The number of anilines is 1. The number of hydrogen-bond donors (Lipinski definition) is 1. The summed E-state index contributed by atoms with van der Waals surface area (Å²) < 4.78 is 5.72. The van der Waals surface area contributed by atoms with Crippen LogP contribution in [0.2, 0.25) is 0 Å². The second-order valence-corrected chi connectivity index (χ2v) is 12.3. The van der Waals surface area contributed by atoms with Gasteiger partial charge in [-0.2, -0.15) is 0 Å². The molecular formula is C35H28Cl2N2O4. The third-order valence-electron chi connectivity index (χ3n) is 8.95. The molecule has 8 rings (SSSR count). The lowest BCUT2D eigenvalue weighted by molar-refractivity contribution is -0.146. The van der Waals surface area contributed by atoms with Crippen molar-refractivity contribution in [3.8, 4) is 5.75 Å². The van der Waals surface area contributed by atoms with Crippen LogP contribution in [0, 0.1) is 11.8 Å². The standard InChI is InChI=1S/C35H28Cl2N2O4/c1-2-43-28-19-11-10-18-26(28)38-31(40)27(20-21-12-4-3-5-13-21)39-32(41)29-30(33(39)42)35(37)23-15-7-6-14-22(23)34(29,36)24-16-8-9-17-25(24)35/h3-19,27,29-30H,2,20H2,1H3,(H,38,40)/t27-,29-,30+,34?,35?/m1/s1. The smallest absolute Gasteiger partial charge is 0.248 e. The molecule has 4 aromatic rings. The van der Waals surface area contributed by atoms with Crippen LogP contribution < -0.4 is 10.1 Å². The molecule has 2 bridgehead atoms. The number of imide groups is 1. The molecule has 4 aliphatic rings. The first-order chi connectivity index (χ1) is 20.8. The van der Waals surface area contributed by atoms with Crippen molar-refractivity contribution >= 4 is 46.6 Å². The zero-order valence-corrected chi connectivity index (χ0v) is 24.8. The zero-order chi connectivity index (χ0) is 29.9. The lowest BCUT2D eigenvalue weighted by Gasteiger charge is -2.54. The summed E-state index contributed by atoms with van der Waals surface area (Å²) in [4.78, 5) is 41.9. The lowest BCUT2D eigenvalue weighted by atomic mass is 9.54. The summed E-state index contributed by atoms with van der Waals surface area (Å²) in [7, 11) is 0. The van der Waals surface area contributed by atoms with E-state index in [4.69, 9.17) is 27.9 Å². The van der Waals surface area contributed by atoms with Crippen molar-refractivity contribution < 1.29 is 19.1 Å². The molecule has 0 spiro atoms. The molecule has 6 nitrogen and oxygen atoms in total. The Labute approximate surface area is 259 Å². The van der Waals surface area contributed by atoms with Crippen molar-refractivity contribution in [1.82, 2.24) is 4.90 Å². The Hall–Kier alpha value is -4.13. The van der Waals surface area contributed by atoms with E-state index in [0.717, 1.165) is 10.5 Å². The van der Waals surface area contributed by atoms with Gasteiger partial charge in [0.25, 0.3) is 0 Å². The molecule has 1 aliphatic heterocycles. The fraction of sp³-hybridized carbons (Fsp3) is 0.229. The monoisotopic (exact) mass is 610 g/mol. The minimum absolute atomic E-state index is 0.116. The van der Waals surface area contributed by atoms with Crippen LogP contribution in [0.4, 0.5) is 5.69 Å². The third-order valence-corrected chi connectivity index (χ3v) is 10.2. The number of ether oxygens (including phenoxy) is 1. The minimum Gasteiger partial charge on any atom is -0.492 e. The first-order valence-electron chi connectivity index (χ1n) is 14.3. The van der Waals surface area contributed by atoms with Crippen molar-refractivity contribution in [2.24, 2.45) is 11.8 Å². The maximum atomic E-state index is 14.6. The number of para-hydroxylation sites is 2. The number of carbonyl (C=O) groups excluding carboxylic acids is 3. The first-order valence-corrected chi connectivity index (χ1v) is 15.1. The molecule has 8 heteroatoms. The van der Waals surface area contributed by atoms with E-state index in [9.17, 15) is 14.4 Å². The molecular weight excluding hydrogens is 583 g/mol. The van der Waals surface area contributed by atoms with Crippen LogP contribution >= 0.6 is 23.2 Å². The van der Waals surface area contributed by atoms with E-state index in [2.05, 4.69) is 5.32 Å². The van der Waals surface area contributed by atoms with Gasteiger partial charge < -0.3 is 10.1 Å². The van der Waals surface area contributed by atoms with Gasteiger partial charge in [-0.05, 0) is 46.9 Å². The van der Waals surface area contributed by atoms with Gasteiger partial charge in [0.15, 0.2) is 0 Å². The van der Waals surface area contributed by atoms with Gasteiger partial charge in [0.05, 0.1) is 24.1 Å². The number of amides is 3. The zero-order valence-electron chi connectivity index (χ0n) is 23.3. The number of alkyl halides is 2. The summed E-state index contributed by atoms with van der Waals surface area (Å²) in [5, 5.41) is 2.93. The van der Waals surface area contributed by atoms with Gasteiger partial charge in [0.1, 0.15) is 21.5 Å². The first kappa shape index (κ1) is 27.7. The highest BCUT2D eigenvalue weighted by atomic mass is 35.5. The molecule has 1 N–H and O–H groups in total. The summed E-state index contributed by atoms with van der Waals surface area (Å²) in [6, 6.07) is 30.2. The predicted octanol–water partition coefficient (Wildman–Crippen LogP) is 6.23. The molecule has 1 saturated heterocycles. The molecule has 1 fully saturated rings. The van der Waals surface area contributed by atoms with Gasteiger partial charge in [-0.1, -0.05) is 91.0 Å². The topological polar surface area (TPSA) is 75.7 Å². The third kappa shape index (κ3) is 3.89. The van der Waals surface area contributed by atoms with Crippen molar-refractivity contribution in [2.45, 2.75) is 29.1 Å². The van der Waals surface area contributed by atoms with Crippen LogP contribution in [0.25, 0.3) is 0 Å². The quantitative estimate of drug-likeness (QED) is 0.199. The highest BCUT2D eigenvalue weighted by Gasteiger charge is 2.73. The number of hydrogen-bond acceptors (Lipinski definition) is 4. The average Bonchev–Trinajstić information content (AvgIpc) is 3.30. The highest BCUT2D eigenvalue weighted by molar-refractivity contribution is 6.36. The molecule has 0 aromatic heterocycles. The second kappa shape index (κ2) is 10.2. The van der Waals surface area contributed by atoms with E-state index in [0.29, 0.717) is 40.3 Å². The average molecular weight is 612 g/mol. The summed E-state index contributed by atoms with van der Waals surface area (Å²) in [6.45, 7) is 2.26. The molecule has 0 radical (unpaired) electrons. The van der Waals surface area contributed by atoms with E-state index >= 15 is 0 Å². The molecule has 3 atom stereocenters. The molecule has 216 valence electrons. The largest absolute Gasteiger partial charge is 0.492 e. The fourth-order valence-electron chi connectivity index (χ4n) is 7.20. The Morgan fingerprint density at radius 1 is 0.767 bits per heavy atom. The van der Waals surface area contributed by atoms with Crippen molar-refractivity contribution in [1.29, 1.82) is 0 Å². The van der Waals surface area contributed by atoms with Crippen molar-refractivity contribution in [3.05, 3.63) is 131 Å². The van der Waals surface area contributed by atoms with E-state index in [-0.39, 0.29) is 6.42 Å². The Morgan fingerprint density at radius 3 is 1.74 bits per heavy atom. The Bertz CT molecular complexity index is 1650. The van der Waals surface area contributed by atoms with Crippen LogP contribution in [-0.2, 0) is 30.6 Å². The maximum absolute atomic E-state index is 14.6. The van der Waals surface area contributed by atoms with Gasteiger partial charge in [0, 0.05) is 6.42 Å². The fourth-order valence-corrected chi connectivity index (χ4v) is 8.30. The maximum Gasteiger partial charge on any atom is 0.248 e. The van der Waals surface area contributed by atoms with Crippen LogP contribution in [0.3, 0.4) is 0 Å². The number of nitrogens with zero attached hydrogens (tertiary/aromatic N) is 1. The number of carbonyl (C=O) groups is 3. The van der Waals surface area contributed by atoms with Crippen LogP contribution in [0.5, 0.6) is 5.75 Å². The lowest BCUT2D eigenvalue weighted by Crippen LogP contribution is -2.57. The van der Waals surface area contributed by atoms with Crippen LogP contribution in [0.15, 0.2) is 103 Å². The molecule has 0 saturated carbocycles. The number of benzene rings is 4. The molecule has 3 amide bonds. The van der Waals surface area contributed by atoms with Gasteiger partial charge in [-0.25, -0.2) is 0 Å². The van der Waals surface area contributed by atoms with Crippen LogP contribution in [0.1, 0.15) is 34.7 Å². The molecule has 1 heterocycles. The summed E-state index contributed by atoms with van der Waals surface area (Å²) in [6.07, 6.45) is 0.116. The number of rotatable bonds is 7. The number of halogens is 2.